The number of hydrogen-bond acceptors (Lipinski definition) is 0. The molecule has 76 valence electrons. The Kier molecular flexibility index (Phi) is 2.74. The van der Waals surface area contributed by atoms with Crippen molar-refractivity contribution in [2.75, 3.05) is 0 Å². The average Bonchev–Trinajstić information content (AvgIpc) is 2.23. The monoisotopic (exact) mass is 220 g/mol. The second-order valence-corrected chi connectivity index (χ2v) is 3.90. The summed E-state index contributed by atoms with van der Waals surface area (Å²) in [6.07, 6.45) is 0. The van der Waals surface area contributed by atoms with E-state index < -0.39 is 0 Å². The Morgan fingerprint density at radius 2 is 1.53 bits per heavy atom. The molecule has 0 N–H and O–H groups in total. The molecule has 0 saturated heterocycles. The maximum atomic E-state index is 13.2. The smallest absolute Gasteiger partial charge is 0.142 e. The van der Waals surface area contributed by atoms with E-state index in [9.17, 15) is 4.39 Å². The van der Waals surface area contributed by atoms with Crippen LogP contribution in [0.1, 0.15) is 5.56 Å². The SMILES string of the molecule is Cc1ccc(-c2ccc(Cl)c(F)c2)cc1. The van der Waals surface area contributed by atoms with Gasteiger partial charge in [-0.15, -0.1) is 0 Å². The molecule has 2 aromatic rings. The van der Waals surface area contributed by atoms with Gasteiger partial charge in [-0.25, -0.2) is 4.39 Å². The molecule has 0 aliphatic carbocycles. The van der Waals surface area contributed by atoms with Gasteiger partial charge in [0, 0.05) is 0 Å². The summed E-state index contributed by atoms with van der Waals surface area (Å²) in [6, 6.07) is 12.8. The third-order valence-electron chi connectivity index (χ3n) is 2.30. The highest BCUT2D eigenvalue weighted by atomic mass is 35.5. The Hall–Kier alpha value is -1.34. The van der Waals surface area contributed by atoms with Gasteiger partial charge in [0.15, 0.2) is 0 Å². The van der Waals surface area contributed by atoms with Crippen molar-refractivity contribution in [2.45, 2.75) is 6.92 Å². The van der Waals surface area contributed by atoms with Crippen molar-refractivity contribution < 1.29 is 4.39 Å². The van der Waals surface area contributed by atoms with Gasteiger partial charge < -0.3 is 0 Å². The fraction of sp³-hybridized carbons (Fsp3) is 0.0769. The van der Waals surface area contributed by atoms with E-state index in [4.69, 9.17) is 11.6 Å². The first-order chi connectivity index (χ1) is 7.16. The molecular formula is C13H10ClF. The topological polar surface area (TPSA) is 0 Å². The van der Waals surface area contributed by atoms with Gasteiger partial charge in [-0.1, -0.05) is 47.5 Å². The van der Waals surface area contributed by atoms with E-state index >= 15 is 0 Å². The van der Waals surface area contributed by atoms with Crippen molar-refractivity contribution in [1.82, 2.24) is 0 Å². The van der Waals surface area contributed by atoms with Gasteiger partial charge in [0.05, 0.1) is 5.02 Å². The Labute approximate surface area is 93.3 Å². The number of halogens is 2. The molecule has 0 spiro atoms. The van der Waals surface area contributed by atoms with Crippen LogP contribution in [-0.4, -0.2) is 0 Å². The summed E-state index contributed by atoms with van der Waals surface area (Å²) < 4.78 is 13.2. The highest BCUT2D eigenvalue weighted by Gasteiger charge is 2.02. The molecule has 2 heteroatoms. The van der Waals surface area contributed by atoms with Crippen molar-refractivity contribution >= 4 is 11.6 Å². The molecule has 0 radical (unpaired) electrons. The van der Waals surface area contributed by atoms with Crippen LogP contribution in [0.5, 0.6) is 0 Å². The van der Waals surface area contributed by atoms with Gasteiger partial charge in [0.2, 0.25) is 0 Å². The Morgan fingerprint density at radius 1 is 0.933 bits per heavy atom. The molecule has 0 nitrogen and oxygen atoms in total. The van der Waals surface area contributed by atoms with Crippen LogP contribution >= 0.6 is 11.6 Å². The van der Waals surface area contributed by atoms with E-state index in [0.29, 0.717) is 0 Å². The van der Waals surface area contributed by atoms with Crippen LogP contribution in [0.15, 0.2) is 42.5 Å². The minimum Gasteiger partial charge on any atom is -0.205 e. The van der Waals surface area contributed by atoms with Gasteiger partial charge in [-0.05, 0) is 30.2 Å². The predicted molar refractivity (Wildman–Crippen MR) is 61.6 cm³/mol. The summed E-state index contributed by atoms with van der Waals surface area (Å²) in [5.74, 6) is -0.380. The van der Waals surface area contributed by atoms with Crippen LogP contribution in [0, 0.1) is 12.7 Å². The molecule has 0 amide bonds. The van der Waals surface area contributed by atoms with Crippen LogP contribution in [-0.2, 0) is 0 Å². The lowest BCUT2D eigenvalue weighted by molar-refractivity contribution is 0.629. The molecule has 15 heavy (non-hydrogen) atoms. The minimum absolute atomic E-state index is 0.158. The highest BCUT2D eigenvalue weighted by molar-refractivity contribution is 6.30. The van der Waals surface area contributed by atoms with Crippen molar-refractivity contribution in [3.8, 4) is 11.1 Å². The molecule has 0 bridgehead atoms. The first-order valence-corrected chi connectivity index (χ1v) is 5.07. The van der Waals surface area contributed by atoms with E-state index in [2.05, 4.69) is 0 Å². The zero-order valence-electron chi connectivity index (χ0n) is 8.30. The lowest BCUT2D eigenvalue weighted by atomic mass is 10.0. The fourth-order valence-corrected chi connectivity index (χ4v) is 1.54. The molecule has 0 saturated carbocycles. The fourth-order valence-electron chi connectivity index (χ4n) is 1.42. The molecule has 2 rings (SSSR count). The molecule has 2 aromatic carbocycles. The maximum absolute atomic E-state index is 13.2. The standard InChI is InChI=1S/C13H10ClF/c1-9-2-4-10(5-3-9)11-6-7-12(14)13(15)8-11/h2-8H,1H3. The van der Waals surface area contributed by atoms with E-state index in [-0.39, 0.29) is 10.8 Å². The van der Waals surface area contributed by atoms with Gasteiger partial charge in [-0.2, -0.15) is 0 Å². The Bertz CT molecular complexity index is 474. The molecule has 0 aromatic heterocycles. The normalized spacial score (nSPS) is 10.3. The summed E-state index contributed by atoms with van der Waals surface area (Å²) in [7, 11) is 0. The van der Waals surface area contributed by atoms with Crippen LogP contribution in [0.25, 0.3) is 11.1 Å². The molecule has 0 atom stereocenters. The number of benzene rings is 2. The number of hydrogen-bond donors (Lipinski definition) is 0. The zero-order valence-corrected chi connectivity index (χ0v) is 9.05. The van der Waals surface area contributed by atoms with Crippen molar-refractivity contribution in [3.63, 3.8) is 0 Å². The van der Waals surface area contributed by atoms with E-state index in [1.165, 1.54) is 11.6 Å². The second kappa shape index (κ2) is 4.03. The van der Waals surface area contributed by atoms with Gasteiger partial charge >= 0.3 is 0 Å². The summed E-state index contributed by atoms with van der Waals surface area (Å²) in [5.41, 5.74) is 3.03. The van der Waals surface area contributed by atoms with Crippen LogP contribution < -0.4 is 0 Å². The van der Waals surface area contributed by atoms with Gasteiger partial charge in [-0.3, -0.25) is 0 Å². The average molecular weight is 221 g/mol. The summed E-state index contributed by atoms with van der Waals surface area (Å²) in [6.45, 7) is 2.02. The van der Waals surface area contributed by atoms with Gasteiger partial charge in [0.1, 0.15) is 5.82 Å². The van der Waals surface area contributed by atoms with Gasteiger partial charge in [0.25, 0.3) is 0 Å². The quantitative estimate of drug-likeness (QED) is 0.666. The van der Waals surface area contributed by atoms with Crippen molar-refractivity contribution in [1.29, 1.82) is 0 Å². The summed E-state index contributed by atoms with van der Waals surface area (Å²) in [4.78, 5) is 0. The molecule has 0 unspecified atom stereocenters. The summed E-state index contributed by atoms with van der Waals surface area (Å²) in [5, 5.41) is 0.158. The van der Waals surface area contributed by atoms with Crippen LogP contribution in [0.2, 0.25) is 5.02 Å². The molecule has 0 heterocycles. The number of rotatable bonds is 1. The molecular weight excluding hydrogens is 211 g/mol. The van der Waals surface area contributed by atoms with Crippen LogP contribution in [0.3, 0.4) is 0 Å². The number of aryl methyl sites for hydroxylation is 1. The largest absolute Gasteiger partial charge is 0.205 e. The highest BCUT2D eigenvalue weighted by Crippen LogP contribution is 2.24. The summed E-state index contributed by atoms with van der Waals surface area (Å²) >= 11 is 5.62. The molecule has 0 aliphatic heterocycles. The van der Waals surface area contributed by atoms with Crippen molar-refractivity contribution in [2.24, 2.45) is 0 Å². The third-order valence-corrected chi connectivity index (χ3v) is 2.61. The third kappa shape index (κ3) is 2.18. The molecule has 0 aliphatic rings. The first kappa shape index (κ1) is 10.2. The van der Waals surface area contributed by atoms with E-state index in [1.54, 1.807) is 6.07 Å². The lowest BCUT2D eigenvalue weighted by Gasteiger charge is -2.03. The molecule has 0 fully saturated rings. The Morgan fingerprint density at radius 3 is 2.13 bits per heavy atom. The predicted octanol–water partition coefficient (Wildman–Crippen LogP) is 4.45. The minimum atomic E-state index is -0.380. The second-order valence-electron chi connectivity index (χ2n) is 3.49. The van der Waals surface area contributed by atoms with Crippen molar-refractivity contribution in [3.05, 3.63) is 58.9 Å². The van der Waals surface area contributed by atoms with Crippen LogP contribution in [0.4, 0.5) is 4.39 Å². The van der Waals surface area contributed by atoms with E-state index in [0.717, 1.165) is 11.1 Å². The van der Waals surface area contributed by atoms with E-state index in [1.807, 2.05) is 37.3 Å². The maximum Gasteiger partial charge on any atom is 0.142 e. The Balaban J connectivity index is 2.45. The lowest BCUT2D eigenvalue weighted by Crippen LogP contribution is -1.81. The zero-order chi connectivity index (χ0) is 10.8. The first-order valence-electron chi connectivity index (χ1n) is 4.69.